The number of anilines is 2. The summed E-state index contributed by atoms with van der Waals surface area (Å²) < 4.78 is 17.7. The molecular weight excluding hydrogens is 427 g/mol. The Morgan fingerprint density at radius 2 is 2.00 bits per heavy atom. The maximum Gasteiger partial charge on any atom is 0.276 e. The van der Waals surface area contributed by atoms with E-state index in [9.17, 15) is 9.18 Å². The summed E-state index contributed by atoms with van der Waals surface area (Å²) in [6.07, 6.45) is 7.56. The highest BCUT2D eigenvalue weighted by atomic mass is 19.1. The molecule has 6 heterocycles. The summed E-state index contributed by atoms with van der Waals surface area (Å²) in [6, 6.07) is 5.35. The van der Waals surface area contributed by atoms with Crippen molar-refractivity contribution in [3.05, 3.63) is 59.2 Å². The van der Waals surface area contributed by atoms with Crippen molar-refractivity contribution in [1.29, 1.82) is 0 Å². The highest BCUT2D eigenvalue weighted by Crippen LogP contribution is 2.27. The van der Waals surface area contributed by atoms with Crippen molar-refractivity contribution in [2.24, 2.45) is 0 Å². The molecule has 0 unspecified atom stereocenters. The summed E-state index contributed by atoms with van der Waals surface area (Å²) in [5, 5.41) is 13.5. The number of piperidine rings is 1. The third-order valence-electron chi connectivity index (χ3n) is 5.75. The second-order valence-electron chi connectivity index (χ2n) is 7.84. The fourth-order valence-electron chi connectivity index (χ4n) is 4.19. The Morgan fingerprint density at radius 1 is 1.12 bits per heavy atom. The Morgan fingerprint density at radius 3 is 2.88 bits per heavy atom. The Bertz CT molecular complexity index is 1530. The Balaban J connectivity index is 1.34. The van der Waals surface area contributed by atoms with E-state index in [1.54, 1.807) is 24.4 Å². The molecule has 3 N–H and O–H groups in total. The zero-order valence-electron chi connectivity index (χ0n) is 17.4. The van der Waals surface area contributed by atoms with Gasteiger partial charge in [-0.3, -0.25) is 9.89 Å². The SMILES string of the molecule is O=c1cnc2cccnc2n1-c1cc(Nc2cnc3c(F)cn(C4CCNCC4)c3n2)[nH]n1. The van der Waals surface area contributed by atoms with Crippen LogP contribution in [0.1, 0.15) is 18.9 Å². The molecule has 5 aromatic heterocycles. The molecule has 0 atom stereocenters. The van der Waals surface area contributed by atoms with Crippen molar-refractivity contribution < 1.29 is 4.39 Å². The first-order chi connectivity index (χ1) is 16.2. The molecule has 1 saturated heterocycles. The summed E-state index contributed by atoms with van der Waals surface area (Å²) in [5.74, 6) is 0.887. The van der Waals surface area contributed by atoms with Gasteiger partial charge in [0.1, 0.15) is 16.9 Å². The molecule has 0 bridgehead atoms. The second-order valence-corrected chi connectivity index (χ2v) is 7.84. The van der Waals surface area contributed by atoms with Gasteiger partial charge in [-0.05, 0) is 38.1 Å². The van der Waals surface area contributed by atoms with Crippen LogP contribution in [-0.4, -0.2) is 52.4 Å². The first-order valence-electron chi connectivity index (χ1n) is 10.6. The number of nitrogens with zero attached hydrogens (tertiary/aromatic N) is 7. The minimum absolute atomic E-state index is 0.168. The molecule has 12 heteroatoms. The van der Waals surface area contributed by atoms with Crippen LogP contribution in [0.3, 0.4) is 0 Å². The average molecular weight is 446 g/mol. The van der Waals surface area contributed by atoms with Crippen LogP contribution in [-0.2, 0) is 0 Å². The molecule has 33 heavy (non-hydrogen) atoms. The van der Waals surface area contributed by atoms with E-state index in [0.29, 0.717) is 34.3 Å². The van der Waals surface area contributed by atoms with E-state index in [0.717, 1.165) is 25.9 Å². The van der Waals surface area contributed by atoms with Gasteiger partial charge in [0.25, 0.3) is 5.56 Å². The molecule has 11 nitrogen and oxygen atoms in total. The van der Waals surface area contributed by atoms with Gasteiger partial charge < -0.3 is 15.2 Å². The lowest BCUT2D eigenvalue weighted by atomic mass is 10.1. The first-order valence-corrected chi connectivity index (χ1v) is 10.6. The fourth-order valence-corrected chi connectivity index (χ4v) is 4.19. The van der Waals surface area contributed by atoms with E-state index in [1.807, 2.05) is 4.57 Å². The van der Waals surface area contributed by atoms with E-state index in [-0.39, 0.29) is 22.9 Å². The van der Waals surface area contributed by atoms with Crippen molar-refractivity contribution in [2.45, 2.75) is 18.9 Å². The number of hydrogen-bond acceptors (Lipinski definition) is 8. The van der Waals surface area contributed by atoms with Gasteiger partial charge in [0.05, 0.1) is 12.4 Å². The third-order valence-corrected chi connectivity index (χ3v) is 5.75. The lowest BCUT2D eigenvalue weighted by molar-refractivity contribution is 0.372. The molecule has 0 amide bonds. The molecule has 1 aliphatic rings. The maximum absolute atomic E-state index is 14.5. The van der Waals surface area contributed by atoms with Gasteiger partial charge in [-0.2, -0.15) is 5.10 Å². The van der Waals surface area contributed by atoms with Crippen LogP contribution in [0.25, 0.3) is 28.1 Å². The predicted octanol–water partition coefficient (Wildman–Crippen LogP) is 2.06. The lowest BCUT2D eigenvalue weighted by Gasteiger charge is -2.24. The highest BCUT2D eigenvalue weighted by molar-refractivity contribution is 5.75. The first kappa shape index (κ1) is 19.5. The zero-order chi connectivity index (χ0) is 22.4. The van der Waals surface area contributed by atoms with Crippen molar-refractivity contribution in [3.8, 4) is 5.82 Å². The molecule has 6 rings (SSSR count). The largest absolute Gasteiger partial charge is 0.325 e. The molecular formula is C21H19FN10O. The van der Waals surface area contributed by atoms with Crippen molar-refractivity contribution in [1.82, 2.24) is 44.6 Å². The van der Waals surface area contributed by atoms with Crippen LogP contribution in [0.2, 0.25) is 0 Å². The molecule has 166 valence electrons. The standard InChI is InChI=1S/C21H19FN10O/c22-13-11-31(12-3-6-23-7-4-12)21-19(13)26-9-16(28-21)27-15-8-17(30-29-15)32-18(33)10-25-14-2-1-5-24-20(14)32/h1-2,5,8-12,23H,3-4,6-7H2,(H2,27,28,29,30). The van der Waals surface area contributed by atoms with Gasteiger partial charge in [0, 0.05) is 24.5 Å². The Kier molecular flexibility index (Phi) is 4.57. The van der Waals surface area contributed by atoms with Crippen molar-refractivity contribution in [2.75, 3.05) is 18.4 Å². The quantitative estimate of drug-likeness (QED) is 0.382. The number of fused-ring (bicyclic) bond motifs is 2. The van der Waals surface area contributed by atoms with E-state index in [4.69, 9.17) is 0 Å². The van der Waals surface area contributed by atoms with Crippen LogP contribution >= 0.6 is 0 Å². The van der Waals surface area contributed by atoms with Gasteiger partial charge in [-0.15, -0.1) is 0 Å². The van der Waals surface area contributed by atoms with Crippen LogP contribution in [0, 0.1) is 5.82 Å². The van der Waals surface area contributed by atoms with Crippen LogP contribution in [0.5, 0.6) is 0 Å². The Labute approximate surface area is 185 Å². The molecule has 0 spiro atoms. The third kappa shape index (κ3) is 3.40. The molecule has 0 aliphatic carbocycles. The number of aromatic nitrogens is 8. The monoisotopic (exact) mass is 446 g/mol. The fraction of sp³-hybridized carbons (Fsp3) is 0.238. The summed E-state index contributed by atoms with van der Waals surface area (Å²) in [6.45, 7) is 1.76. The van der Waals surface area contributed by atoms with Crippen LogP contribution in [0.4, 0.5) is 16.0 Å². The number of H-pyrrole nitrogens is 1. The maximum atomic E-state index is 14.5. The highest BCUT2D eigenvalue weighted by Gasteiger charge is 2.21. The normalized spacial score (nSPS) is 14.8. The lowest BCUT2D eigenvalue weighted by Crippen LogP contribution is -2.29. The predicted molar refractivity (Wildman–Crippen MR) is 119 cm³/mol. The minimum atomic E-state index is -0.386. The summed E-state index contributed by atoms with van der Waals surface area (Å²) >= 11 is 0. The van der Waals surface area contributed by atoms with Crippen LogP contribution < -0.4 is 16.2 Å². The van der Waals surface area contributed by atoms with E-state index >= 15 is 0 Å². The van der Waals surface area contributed by atoms with Gasteiger partial charge in [0.2, 0.25) is 0 Å². The van der Waals surface area contributed by atoms with Gasteiger partial charge in [-0.25, -0.2) is 28.9 Å². The van der Waals surface area contributed by atoms with Crippen LogP contribution in [0.15, 0.2) is 47.8 Å². The number of halogens is 1. The number of nitrogens with one attached hydrogen (secondary N) is 3. The van der Waals surface area contributed by atoms with Gasteiger partial charge >= 0.3 is 0 Å². The summed E-state index contributed by atoms with van der Waals surface area (Å²) in [4.78, 5) is 29.7. The van der Waals surface area contributed by atoms with E-state index in [1.165, 1.54) is 23.2 Å². The van der Waals surface area contributed by atoms with Crippen molar-refractivity contribution in [3.63, 3.8) is 0 Å². The Hall–Kier alpha value is -4.19. The van der Waals surface area contributed by atoms with E-state index < -0.39 is 0 Å². The smallest absolute Gasteiger partial charge is 0.276 e. The van der Waals surface area contributed by atoms with Gasteiger partial charge in [0.15, 0.2) is 28.7 Å². The average Bonchev–Trinajstić information content (AvgIpc) is 3.43. The minimum Gasteiger partial charge on any atom is -0.325 e. The second kappa shape index (κ2) is 7.74. The zero-order valence-corrected chi connectivity index (χ0v) is 17.4. The topological polar surface area (TPSA) is 131 Å². The molecule has 1 fully saturated rings. The summed E-state index contributed by atoms with van der Waals surface area (Å²) in [5.41, 5.74) is 1.36. The number of rotatable bonds is 4. The molecule has 0 aromatic carbocycles. The van der Waals surface area contributed by atoms with E-state index in [2.05, 4.69) is 40.8 Å². The number of pyridine rings is 1. The number of hydrogen-bond donors (Lipinski definition) is 3. The molecule has 5 aromatic rings. The number of aromatic amines is 1. The van der Waals surface area contributed by atoms with Gasteiger partial charge in [-0.1, -0.05) is 0 Å². The molecule has 1 aliphatic heterocycles. The molecule has 0 saturated carbocycles. The summed E-state index contributed by atoms with van der Waals surface area (Å²) in [7, 11) is 0. The molecule has 0 radical (unpaired) electrons. The van der Waals surface area contributed by atoms with Crippen molar-refractivity contribution >= 4 is 34.0 Å².